The summed E-state index contributed by atoms with van der Waals surface area (Å²) in [5.74, 6) is -0.134. The van der Waals surface area contributed by atoms with Gasteiger partial charge < -0.3 is 9.64 Å². The maximum Gasteiger partial charge on any atom is 0.409 e. The lowest BCUT2D eigenvalue weighted by Gasteiger charge is -2.30. The second-order valence-corrected chi connectivity index (χ2v) is 6.54. The molecule has 1 aliphatic rings. The molecule has 0 aromatic heterocycles. The van der Waals surface area contributed by atoms with Crippen LogP contribution in [0.2, 0.25) is 0 Å². The van der Waals surface area contributed by atoms with E-state index in [4.69, 9.17) is 4.18 Å². The number of hydrogen-bond donors (Lipinski definition) is 0. The standard InChI is InChI=1S/C14H19NO5S/c1-19-14(16)15-9-7-13(8-10-15)20-21(17,18)11-12-5-3-2-4-6-12/h2-6,13H,7-11H2,1H3. The molecule has 0 unspecified atom stereocenters. The van der Waals surface area contributed by atoms with Gasteiger partial charge in [0, 0.05) is 13.1 Å². The number of amides is 1. The molecule has 0 spiro atoms. The molecule has 21 heavy (non-hydrogen) atoms. The SMILES string of the molecule is COC(=O)N1CCC(OS(=O)(=O)Cc2ccccc2)CC1. The lowest BCUT2D eigenvalue weighted by atomic mass is 10.1. The zero-order chi connectivity index (χ0) is 15.3. The molecule has 1 aromatic carbocycles. The van der Waals surface area contributed by atoms with Gasteiger partial charge in [0.15, 0.2) is 0 Å². The Balaban J connectivity index is 1.86. The van der Waals surface area contributed by atoms with Crippen LogP contribution in [0.25, 0.3) is 0 Å². The van der Waals surface area contributed by atoms with Crippen LogP contribution >= 0.6 is 0 Å². The number of nitrogens with zero attached hydrogens (tertiary/aromatic N) is 1. The van der Waals surface area contributed by atoms with Crippen LogP contribution in [0.5, 0.6) is 0 Å². The van der Waals surface area contributed by atoms with Crippen molar-refractivity contribution in [3.63, 3.8) is 0 Å². The quantitative estimate of drug-likeness (QED) is 0.792. The molecule has 1 aromatic rings. The average molecular weight is 313 g/mol. The number of methoxy groups -OCH3 is 1. The van der Waals surface area contributed by atoms with E-state index in [2.05, 4.69) is 4.74 Å². The number of benzene rings is 1. The van der Waals surface area contributed by atoms with Gasteiger partial charge in [-0.05, 0) is 18.4 Å². The highest BCUT2D eigenvalue weighted by atomic mass is 32.2. The minimum absolute atomic E-state index is 0.134. The summed E-state index contributed by atoms with van der Waals surface area (Å²) in [5, 5.41) is 0. The summed E-state index contributed by atoms with van der Waals surface area (Å²) >= 11 is 0. The van der Waals surface area contributed by atoms with Crippen molar-refractivity contribution in [2.24, 2.45) is 0 Å². The molecule has 0 bridgehead atoms. The number of likely N-dealkylation sites (tertiary alicyclic amines) is 1. The number of carbonyl (C=O) groups is 1. The van der Waals surface area contributed by atoms with Crippen LogP contribution in [-0.2, 0) is 24.8 Å². The van der Waals surface area contributed by atoms with Crippen molar-refractivity contribution in [1.29, 1.82) is 0 Å². The zero-order valence-corrected chi connectivity index (χ0v) is 12.7. The van der Waals surface area contributed by atoms with Crippen LogP contribution < -0.4 is 0 Å². The van der Waals surface area contributed by atoms with E-state index in [0.717, 1.165) is 0 Å². The van der Waals surface area contributed by atoms with Gasteiger partial charge in [-0.25, -0.2) is 4.79 Å². The molecule has 1 fully saturated rings. The Bertz CT molecular complexity index is 564. The van der Waals surface area contributed by atoms with Gasteiger partial charge in [0.2, 0.25) is 0 Å². The van der Waals surface area contributed by atoms with Gasteiger partial charge >= 0.3 is 6.09 Å². The van der Waals surface area contributed by atoms with E-state index in [9.17, 15) is 13.2 Å². The number of ether oxygens (including phenoxy) is 1. The second kappa shape index (κ2) is 6.91. The van der Waals surface area contributed by atoms with Crippen molar-refractivity contribution in [3.8, 4) is 0 Å². The molecular formula is C14H19NO5S. The average Bonchev–Trinajstić information content (AvgIpc) is 2.47. The largest absolute Gasteiger partial charge is 0.453 e. The fourth-order valence-electron chi connectivity index (χ4n) is 2.28. The van der Waals surface area contributed by atoms with Gasteiger partial charge in [0.05, 0.1) is 13.2 Å². The maximum atomic E-state index is 12.0. The number of carbonyl (C=O) groups excluding carboxylic acids is 1. The first-order valence-corrected chi connectivity index (χ1v) is 8.36. The molecule has 1 heterocycles. The highest BCUT2D eigenvalue weighted by Gasteiger charge is 2.27. The second-order valence-electron chi connectivity index (χ2n) is 4.94. The highest BCUT2D eigenvalue weighted by molar-refractivity contribution is 7.85. The van der Waals surface area contributed by atoms with E-state index in [0.29, 0.717) is 31.5 Å². The van der Waals surface area contributed by atoms with E-state index >= 15 is 0 Å². The number of hydrogen-bond acceptors (Lipinski definition) is 5. The molecule has 6 nitrogen and oxygen atoms in total. The molecule has 1 amide bonds. The summed E-state index contributed by atoms with van der Waals surface area (Å²) in [7, 11) is -2.28. The number of piperidine rings is 1. The molecule has 1 saturated heterocycles. The molecule has 1 aliphatic heterocycles. The molecule has 0 aliphatic carbocycles. The lowest BCUT2D eigenvalue weighted by molar-refractivity contribution is 0.0817. The van der Waals surface area contributed by atoms with Crippen LogP contribution in [0.3, 0.4) is 0 Å². The van der Waals surface area contributed by atoms with Crippen LogP contribution in [0, 0.1) is 0 Å². The van der Waals surface area contributed by atoms with Gasteiger partial charge in [0.25, 0.3) is 10.1 Å². The summed E-state index contributed by atoms with van der Waals surface area (Å²) in [6.07, 6.45) is 0.215. The molecule has 116 valence electrons. The summed E-state index contributed by atoms with van der Waals surface area (Å²) in [6, 6.07) is 8.92. The molecule has 0 radical (unpaired) electrons. The Morgan fingerprint density at radius 2 is 1.86 bits per heavy atom. The highest BCUT2D eigenvalue weighted by Crippen LogP contribution is 2.18. The minimum Gasteiger partial charge on any atom is -0.453 e. The third kappa shape index (κ3) is 4.71. The smallest absolute Gasteiger partial charge is 0.409 e. The van der Waals surface area contributed by atoms with Crippen molar-refractivity contribution in [1.82, 2.24) is 4.90 Å². The van der Waals surface area contributed by atoms with Crippen LogP contribution in [0.1, 0.15) is 18.4 Å². The first-order chi connectivity index (χ1) is 10.00. The van der Waals surface area contributed by atoms with E-state index in [-0.39, 0.29) is 18.0 Å². The summed E-state index contributed by atoms with van der Waals surface area (Å²) < 4.78 is 33.9. The van der Waals surface area contributed by atoms with Crippen LogP contribution in [0.15, 0.2) is 30.3 Å². The van der Waals surface area contributed by atoms with Crippen molar-refractivity contribution < 1.29 is 22.1 Å². The van der Waals surface area contributed by atoms with Gasteiger partial charge in [-0.15, -0.1) is 0 Å². The third-order valence-corrected chi connectivity index (χ3v) is 4.60. The van der Waals surface area contributed by atoms with Crippen molar-refractivity contribution >= 4 is 16.2 Å². The summed E-state index contributed by atoms with van der Waals surface area (Å²) in [4.78, 5) is 12.9. The summed E-state index contributed by atoms with van der Waals surface area (Å²) in [6.45, 7) is 0.885. The fourth-order valence-corrected chi connectivity index (χ4v) is 3.56. The predicted molar refractivity (Wildman–Crippen MR) is 77.2 cm³/mol. The monoisotopic (exact) mass is 313 g/mol. The normalized spacial score (nSPS) is 16.7. The van der Waals surface area contributed by atoms with E-state index in [1.165, 1.54) is 7.11 Å². The van der Waals surface area contributed by atoms with Gasteiger partial charge in [-0.3, -0.25) is 4.18 Å². The lowest BCUT2D eigenvalue weighted by Crippen LogP contribution is -2.41. The van der Waals surface area contributed by atoms with E-state index < -0.39 is 10.1 Å². The maximum absolute atomic E-state index is 12.0. The van der Waals surface area contributed by atoms with Crippen molar-refractivity contribution in [2.45, 2.75) is 24.7 Å². The molecule has 7 heteroatoms. The fraction of sp³-hybridized carbons (Fsp3) is 0.500. The van der Waals surface area contributed by atoms with Gasteiger partial charge in [-0.1, -0.05) is 30.3 Å². The van der Waals surface area contributed by atoms with Crippen LogP contribution in [0.4, 0.5) is 4.79 Å². The first kappa shape index (κ1) is 15.8. The van der Waals surface area contributed by atoms with Gasteiger partial charge in [-0.2, -0.15) is 8.42 Å². The Hall–Kier alpha value is -1.60. The summed E-state index contributed by atoms with van der Waals surface area (Å²) in [5.41, 5.74) is 0.699. The Morgan fingerprint density at radius 1 is 1.24 bits per heavy atom. The predicted octanol–water partition coefficient (Wildman–Crippen LogP) is 1.76. The zero-order valence-electron chi connectivity index (χ0n) is 11.9. The Morgan fingerprint density at radius 3 is 2.43 bits per heavy atom. The first-order valence-electron chi connectivity index (χ1n) is 6.78. The minimum atomic E-state index is -3.61. The Labute approximate surface area is 124 Å². The molecule has 0 N–H and O–H groups in total. The van der Waals surface area contributed by atoms with Crippen LogP contribution in [-0.4, -0.2) is 45.7 Å². The number of rotatable bonds is 4. The van der Waals surface area contributed by atoms with E-state index in [1.807, 2.05) is 6.07 Å². The third-order valence-electron chi connectivity index (χ3n) is 3.34. The Kier molecular flexibility index (Phi) is 5.19. The molecule has 2 rings (SSSR count). The topological polar surface area (TPSA) is 72.9 Å². The van der Waals surface area contributed by atoms with Crippen molar-refractivity contribution in [3.05, 3.63) is 35.9 Å². The van der Waals surface area contributed by atoms with Gasteiger partial charge in [0.1, 0.15) is 5.75 Å². The molecule has 0 saturated carbocycles. The van der Waals surface area contributed by atoms with Crippen molar-refractivity contribution in [2.75, 3.05) is 20.2 Å². The molecule has 0 atom stereocenters. The molecular weight excluding hydrogens is 294 g/mol. The van der Waals surface area contributed by atoms with E-state index in [1.54, 1.807) is 29.2 Å².